The van der Waals surface area contributed by atoms with Crippen molar-refractivity contribution in [3.63, 3.8) is 0 Å². The van der Waals surface area contributed by atoms with E-state index in [9.17, 15) is 23.1 Å². The lowest BCUT2D eigenvalue weighted by Gasteiger charge is -2.19. The van der Waals surface area contributed by atoms with Crippen molar-refractivity contribution in [2.24, 2.45) is 0 Å². The third-order valence-electron chi connectivity index (χ3n) is 4.55. The summed E-state index contributed by atoms with van der Waals surface area (Å²) in [4.78, 5) is 16.1. The number of aliphatic carboxylic acids is 1. The van der Waals surface area contributed by atoms with Gasteiger partial charge in [0.25, 0.3) is 0 Å². The Hall–Kier alpha value is -3.81. The van der Waals surface area contributed by atoms with Crippen LogP contribution in [0.4, 0.5) is 18.9 Å². The number of carbonyl (C=O) groups is 1. The molecule has 4 aromatic rings. The minimum absolute atomic E-state index is 0.0169. The maximum atomic E-state index is 13.3. The first-order chi connectivity index (χ1) is 14.3. The van der Waals surface area contributed by atoms with Gasteiger partial charge < -0.3 is 14.8 Å². The summed E-state index contributed by atoms with van der Waals surface area (Å²) < 4.78 is 45.6. The van der Waals surface area contributed by atoms with Gasteiger partial charge in [0.2, 0.25) is 5.89 Å². The molecule has 8 heteroatoms. The molecule has 0 spiro atoms. The molecule has 0 saturated carbocycles. The minimum Gasteiger partial charge on any atom is -0.479 e. The Morgan fingerprint density at radius 1 is 1.00 bits per heavy atom. The predicted octanol–water partition coefficient (Wildman–Crippen LogP) is 5.75. The van der Waals surface area contributed by atoms with Crippen molar-refractivity contribution in [1.29, 1.82) is 0 Å². The van der Waals surface area contributed by atoms with Crippen molar-refractivity contribution in [3.8, 4) is 11.5 Å². The highest BCUT2D eigenvalue weighted by molar-refractivity contribution is 5.84. The Morgan fingerprint density at radius 3 is 2.37 bits per heavy atom. The lowest BCUT2D eigenvalue weighted by atomic mass is 10.0. The molecule has 4 rings (SSSR count). The maximum absolute atomic E-state index is 13.3. The first-order valence-corrected chi connectivity index (χ1v) is 8.94. The number of benzene rings is 3. The molecule has 152 valence electrons. The van der Waals surface area contributed by atoms with Crippen molar-refractivity contribution in [2.75, 3.05) is 5.32 Å². The number of anilines is 1. The number of carboxylic acid groups (broad SMARTS) is 1. The average Bonchev–Trinajstić information content (AvgIpc) is 3.15. The van der Waals surface area contributed by atoms with E-state index in [1.165, 1.54) is 6.07 Å². The van der Waals surface area contributed by atoms with Crippen molar-refractivity contribution in [1.82, 2.24) is 4.98 Å². The standard InChI is InChI=1S/C22H15F3N2O3/c23-22(24,25)14-10-11-16(26-19(21(28)29)13-6-2-1-3-7-13)15(12-14)20-27-17-8-4-5-9-18(17)30-20/h1-12,19,26H,(H,28,29). The third kappa shape index (κ3) is 3.84. The molecule has 0 aliphatic carbocycles. The molecule has 0 radical (unpaired) electrons. The van der Waals surface area contributed by atoms with Gasteiger partial charge in [-0.3, -0.25) is 0 Å². The average molecular weight is 412 g/mol. The molecule has 0 bridgehead atoms. The van der Waals surface area contributed by atoms with Gasteiger partial charge in [0.05, 0.1) is 11.1 Å². The molecule has 1 aromatic heterocycles. The molecule has 1 unspecified atom stereocenters. The zero-order chi connectivity index (χ0) is 21.3. The van der Waals surface area contributed by atoms with Crippen molar-refractivity contribution in [3.05, 3.63) is 83.9 Å². The zero-order valence-electron chi connectivity index (χ0n) is 15.4. The molecule has 0 aliphatic rings. The fourth-order valence-electron chi connectivity index (χ4n) is 3.10. The summed E-state index contributed by atoms with van der Waals surface area (Å²) in [5.41, 5.74) is 0.627. The maximum Gasteiger partial charge on any atom is 0.416 e. The number of nitrogens with one attached hydrogen (secondary N) is 1. The van der Waals surface area contributed by atoms with Gasteiger partial charge in [-0.1, -0.05) is 42.5 Å². The van der Waals surface area contributed by atoms with Crippen LogP contribution in [0.5, 0.6) is 0 Å². The highest BCUT2D eigenvalue weighted by Gasteiger charge is 2.32. The largest absolute Gasteiger partial charge is 0.479 e. The van der Waals surface area contributed by atoms with Crippen LogP contribution in [0.1, 0.15) is 17.2 Å². The summed E-state index contributed by atoms with van der Waals surface area (Å²) in [7, 11) is 0. The second kappa shape index (κ2) is 7.55. The van der Waals surface area contributed by atoms with Crippen LogP contribution in [-0.4, -0.2) is 16.1 Å². The number of alkyl halides is 3. The van der Waals surface area contributed by atoms with Crippen LogP contribution in [0.2, 0.25) is 0 Å². The summed E-state index contributed by atoms with van der Waals surface area (Å²) in [6.45, 7) is 0. The Morgan fingerprint density at radius 2 is 1.70 bits per heavy atom. The molecule has 2 N–H and O–H groups in total. The highest BCUT2D eigenvalue weighted by Crippen LogP contribution is 2.38. The predicted molar refractivity (Wildman–Crippen MR) is 105 cm³/mol. The number of hydrogen-bond acceptors (Lipinski definition) is 4. The quantitative estimate of drug-likeness (QED) is 0.436. The molecule has 0 aliphatic heterocycles. The fraction of sp³-hybridized carbons (Fsp3) is 0.0909. The number of para-hydroxylation sites is 2. The Kier molecular flexibility index (Phi) is 4.91. The Bertz CT molecular complexity index is 1170. The molecular weight excluding hydrogens is 397 g/mol. The fourth-order valence-corrected chi connectivity index (χ4v) is 3.10. The van der Waals surface area contributed by atoms with E-state index in [-0.39, 0.29) is 17.1 Å². The van der Waals surface area contributed by atoms with Gasteiger partial charge in [-0.05, 0) is 35.9 Å². The van der Waals surface area contributed by atoms with E-state index in [4.69, 9.17) is 4.42 Å². The number of fused-ring (bicyclic) bond motifs is 1. The van der Waals surface area contributed by atoms with Crippen LogP contribution in [0.25, 0.3) is 22.6 Å². The molecule has 0 saturated heterocycles. The number of hydrogen-bond donors (Lipinski definition) is 2. The van der Waals surface area contributed by atoms with Crippen LogP contribution < -0.4 is 5.32 Å². The Labute approximate surface area is 168 Å². The van der Waals surface area contributed by atoms with Crippen molar-refractivity contribution < 1.29 is 27.5 Å². The van der Waals surface area contributed by atoms with Gasteiger partial charge in [0.1, 0.15) is 5.52 Å². The lowest BCUT2D eigenvalue weighted by Crippen LogP contribution is -2.21. The molecule has 1 atom stereocenters. The SMILES string of the molecule is O=C(O)C(Nc1ccc(C(F)(F)F)cc1-c1nc2ccccc2o1)c1ccccc1. The summed E-state index contributed by atoms with van der Waals surface area (Å²) in [6, 6.07) is 16.9. The first kappa shape index (κ1) is 19.5. The highest BCUT2D eigenvalue weighted by atomic mass is 19.4. The Balaban J connectivity index is 1.83. The van der Waals surface area contributed by atoms with Crippen LogP contribution in [0.3, 0.4) is 0 Å². The topological polar surface area (TPSA) is 75.4 Å². The van der Waals surface area contributed by atoms with Crippen LogP contribution in [0.15, 0.2) is 77.2 Å². The van der Waals surface area contributed by atoms with Gasteiger partial charge in [-0.25, -0.2) is 9.78 Å². The normalized spacial score (nSPS) is 12.6. The number of aromatic nitrogens is 1. The number of rotatable bonds is 5. The smallest absolute Gasteiger partial charge is 0.416 e. The van der Waals surface area contributed by atoms with Gasteiger partial charge >= 0.3 is 12.1 Å². The van der Waals surface area contributed by atoms with E-state index >= 15 is 0 Å². The summed E-state index contributed by atoms with van der Waals surface area (Å²) in [5, 5.41) is 12.5. The number of nitrogens with zero attached hydrogens (tertiary/aromatic N) is 1. The summed E-state index contributed by atoms with van der Waals surface area (Å²) in [5.74, 6) is -1.22. The van der Waals surface area contributed by atoms with E-state index in [1.54, 1.807) is 54.6 Å². The van der Waals surface area contributed by atoms with Gasteiger partial charge in [-0.15, -0.1) is 0 Å². The molecule has 30 heavy (non-hydrogen) atoms. The first-order valence-electron chi connectivity index (χ1n) is 8.94. The van der Waals surface area contributed by atoms with Gasteiger partial charge in [0, 0.05) is 5.69 Å². The van der Waals surface area contributed by atoms with Gasteiger partial charge in [0.15, 0.2) is 11.6 Å². The van der Waals surface area contributed by atoms with Crippen LogP contribution in [0, 0.1) is 0 Å². The van der Waals surface area contributed by atoms with Crippen LogP contribution >= 0.6 is 0 Å². The number of oxazole rings is 1. The van der Waals surface area contributed by atoms with Crippen molar-refractivity contribution >= 4 is 22.8 Å². The molecule has 0 fully saturated rings. The molecule has 5 nitrogen and oxygen atoms in total. The molecule has 0 amide bonds. The van der Waals surface area contributed by atoms with E-state index in [1.807, 2.05) is 0 Å². The second-order valence-corrected chi connectivity index (χ2v) is 6.57. The molecule has 3 aromatic carbocycles. The number of carboxylic acids is 1. The van der Waals surface area contributed by atoms with E-state index in [0.717, 1.165) is 12.1 Å². The van der Waals surface area contributed by atoms with E-state index in [2.05, 4.69) is 10.3 Å². The molecule has 1 heterocycles. The van der Waals surface area contributed by atoms with E-state index in [0.29, 0.717) is 16.7 Å². The van der Waals surface area contributed by atoms with Gasteiger partial charge in [-0.2, -0.15) is 13.2 Å². The minimum atomic E-state index is -4.58. The third-order valence-corrected chi connectivity index (χ3v) is 4.55. The second-order valence-electron chi connectivity index (χ2n) is 6.57. The molecular formula is C22H15F3N2O3. The monoisotopic (exact) mass is 412 g/mol. The zero-order valence-corrected chi connectivity index (χ0v) is 15.4. The van der Waals surface area contributed by atoms with E-state index < -0.39 is 23.8 Å². The lowest BCUT2D eigenvalue weighted by molar-refractivity contribution is -0.138. The number of halogens is 3. The summed E-state index contributed by atoms with van der Waals surface area (Å²) >= 11 is 0. The van der Waals surface area contributed by atoms with Crippen LogP contribution in [-0.2, 0) is 11.0 Å². The summed E-state index contributed by atoms with van der Waals surface area (Å²) in [6.07, 6.45) is -4.58. The van der Waals surface area contributed by atoms with Crippen molar-refractivity contribution in [2.45, 2.75) is 12.2 Å².